The summed E-state index contributed by atoms with van der Waals surface area (Å²) in [6.45, 7) is 0.636. The van der Waals surface area contributed by atoms with E-state index >= 15 is 0 Å². The molecule has 2 aromatic rings. The molecule has 0 aromatic heterocycles. The summed E-state index contributed by atoms with van der Waals surface area (Å²) < 4.78 is 40.2. The number of sulfonamides is 1. The van der Waals surface area contributed by atoms with Crippen molar-refractivity contribution in [2.45, 2.75) is 17.7 Å². The Morgan fingerprint density at radius 1 is 1.12 bits per heavy atom. The highest BCUT2D eigenvalue weighted by atomic mass is 35.5. The molecule has 1 heterocycles. The first-order valence-electron chi connectivity index (χ1n) is 7.25. The van der Waals surface area contributed by atoms with Crippen LogP contribution in [-0.2, 0) is 14.8 Å². The molecule has 3 rings (SSSR count). The molecule has 1 N–H and O–H groups in total. The highest BCUT2D eigenvalue weighted by Gasteiger charge is 2.22. The molecule has 1 saturated heterocycles. The summed E-state index contributed by atoms with van der Waals surface area (Å²) in [6.07, 6.45) is 1.30. The number of hydrogen-bond donors (Lipinski definition) is 1. The van der Waals surface area contributed by atoms with Crippen LogP contribution in [0, 0.1) is 5.82 Å². The number of carbonyl (C=O) groups is 1. The van der Waals surface area contributed by atoms with Gasteiger partial charge in [0.25, 0.3) is 10.0 Å². The minimum atomic E-state index is -3.83. The molecule has 0 atom stereocenters. The zero-order valence-electron chi connectivity index (χ0n) is 12.5. The van der Waals surface area contributed by atoms with Crippen molar-refractivity contribution in [1.82, 2.24) is 0 Å². The van der Waals surface area contributed by atoms with Gasteiger partial charge in [-0.1, -0.05) is 11.6 Å². The summed E-state index contributed by atoms with van der Waals surface area (Å²) in [5, 5.41) is -0.168. The maximum absolute atomic E-state index is 13.1. The summed E-state index contributed by atoms with van der Waals surface area (Å²) in [6, 6.07) is 9.61. The molecule has 8 heteroatoms. The molecule has 5 nitrogen and oxygen atoms in total. The molecule has 1 aliphatic rings. The normalized spacial score (nSPS) is 14.9. The smallest absolute Gasteiger partial charge is 0.261 e. The molecule has 0 aliphatic carbocycles. The van der Waals surface area contributed by atoms with Crippen LogP contribution in [0.25, 0.3) is 0 Å². The SMILES string of the molecule is O=C1CCCN1c1ccc(S(=O)(=O)Nc2ccc(F)c(Cl)c2)cc1. The van der Waals surface area contributed by atoms with E-state index in [0.29, 0.717) is 18.7 Å². The van der Waals surface area contributed by atoms with Crippen LogP contribution < -0.4 is 9.62 Å². The third kappa shape index (κ3) is 3.37. The molecular weight excluding hydrogens is 355 g/mol. The van der Waals surface area contributed by atoms with Crippen molar-refractivity contribution in [2.75, 3.05) is 16.2 Å². The zero-order chi connectivity index (χ0) is 17.3. The van der Waals surface area contributed by atoms with E-state index in [2.05, 4.69) is 4.72 Å². The van der Waals surface area contributed by atoms with Gasteiger partial charge in [0.1, 0.15) is 5.82 Å². The van der Waals surface area contributed by atoms with Crippen molar-refractivity contribution in [3.63, 3.8) is 0 Å². The summed E-state index contributed by atoms with van der Waals surface area (Å²) in [5.74, 6) is -0.594. The molecule has 126 valence electrons. The summed E-state index contributed by atoms with van der Waals surface area (Å²) in [4.78, 5) is 13.4. The van der Waals surface area contributed by atoms with Crippen molar-refractivity contribution >= 4 is 38.9 Å². The Bertz CT molecular complexity index is 885. The minimum absolute atomic E-state index is 0.0321. The molecule has 0 saturated carbocycles. The number of nitrogens with one attached hydrogen (secondary N) is 1. The molecule has 0 spiro atoms. The molecular formula is C16H14ClFN2O3S. The van der Waals surface area contributed by atoms with Crippen molar-refractivity contribution < 1.29 is 17.6 Å². The number of rotatable bonds is 4. The fourth-order valence-corrected chi connectivity index (χ4v) is 3.73. The van der Waals surface area contributed by atoms with Gasteiger partial charge in [0.2, 0.25) is 5.91 Å². The first-order chi connectivity index (χ1) is 11.4. The van der Waals surface area contributed by atoms with Crippen LogP contribution in [0.4, 0.5) is 15.8 Å². The van der Waals surface area contributed by atoms with Gasteiger partial charge in [-0.2, -0.15) is 0 Å². The maximum Gasteiger partial charge on any atom is 0.261 e. The van der Waals surface area contributed by atoms with Gasteiger partial charge in [0.05, 0.1) is 15.6 Å². The largest absolute Gasteiger partial charge is 0.312 e. The second-order valence-corrected chi connectivity index (χ2v) is 7.47. The summed E-state index contributed by atoms with van der Waals surface area (Å²) in [5.41, 5.74) is 0.835. The number of anilines is 2. The second-order valence-electron chi connectivity index (χ2n) is 5.38. The summed E-state index contributed by atoms with van der Waals surface area (Å²) in [7, 11) is -3.83. The van der Waals surface area contributed by atoms with Crippen LogP contribution in [0.1, 0.15) is 12.8 Å². The molecule has 0 unspecified atom stereocenters. The monoisotopic (exact) mass is 368 g/mol. The average Bonchev–Trinajstić information content (AvgIpc) is 2.97. The lowest BCUT2D eigenvalue weighted by Gasteiger charge is -2.16. The van der Waals surface area contributed by atoms with E-state index < -0.39 is 15.8 Å². The quantitative estimate of drug-likeness (QED) is 0.899. The van der Waals surface area contributed by atoms with E-state index in [0.717, 1.165) is 12.5 Å². The Kier molecular flexibility index (Phi) is 4.47. The van der Waals surface area contributed by atoms with Gasteiger partial charge >= 0.3 is 0 Å². The van der Waals surface area contributed by atoms with Gasteiger partial charge < -0.3 is 4.90 Å². The lowest BCUT2D eigenvalue weighted by molar-refractivity contribution is -0.117. The third-order valence-corrected chi connectivity index (χ3v) is 5.39. The molecule has 0 bridgehead atoms. The second kappa shape index (κ2) is 6.41. The highest BCUT2D eigenvalue weighted by Crippen LogP contribution is 2.25. The molecule has 1 fully saturated rings. The minimum Gasteiger partial charge on any atom is -0.312 e. The Labute approximate surface area is 144 Å². The predicted molar refractivity (Wildman–Crippen MR) is 90.2 cm³/mol. The summed E-state index contributed by atoms with van der Waals surface area (Å²) >= 11 is 5.65. The first kappa shape index (κ1) is 16.7. The van der Waals surface area contributed by atoms with E-state index in [4.69, 9.17) is 11.6 Å². The number of amides is 1. The van der Waals surface area contributed by atoms with E-state index in [9.17, 15) is 17.6 Å². The Balaban J connectivity index is 1.81. The van der Waals surface area contributed by atoms with Crippen LogP contribution in [0.15, 0.2) is 47.4 Å². The number of halogens is 2. The lowest BCUT2D eigenvalue weighted by atomic mass is 10.3. The molecule has 1 amide bonds. The Hall–Kier alpha value is -2.12. The molecule has 24 heavy (non-hydrogen) atoms. The van der Waals surface area contributed by atoms with Crippen molar-refractivity contribution in [3.8, 4) is 0 Å². The van der Waals surface area contributed by atoms with Gasteiger partial charge in [-0.25, -0.2) is 12.8 Å². The molecule has 0 radical (unpaired) electrons. The predicted octanol–water partition coefficient (Wildman–Crippen LogP) is 3.41. The highest BCUT2D eigenvalue weighted by molar-refractivity contribution is 7.92. The van der Waals surface area contributed by atoms with Gasteiger partial charge in [-0.15, -0.1) is 0 Å². The number of carbonyl (C=O) groups excluding carboxylic acids is 1. The standard InChI is InChI=1S/C16H14ClFN2O3S/c17-14-10-11(3-8-15(14)18)19-24(22,23)13-6-4-12(5-7-13)20-9-1-2-16(20)21/h3-8,10,19H,1-2,9H2. The van der Waals surface area contributed by atoms with Crippen molar-refractivity contribution in [2.24, 2.45) is 0 Å². The Morgan fingerprint density at radius 3 is 2.42 bits per heavy atom. The molecule has 2 aromatic carbocycles. The van der Waals surface area contributed by atoms with Crippen LogP contribution in [0.5, 0.6) is 0 Å². The maximum atomic E-state index is 13.1. The van der Waals surface area contributed by atoms with Crippen molar-refractivity contribution in [3.05, 3.63) is 53.3 Å². The van der Waals surface area contributed by atoms with Crippen LogP contribution >= 0.6 is 11.6 Å². The third-order valence-electron chi connectivity index (χ3n) is 3.70. The zero-order valence-corrected chi connectivity index (χ0v) is 14.1. The van der Waals surface area contributed by atoms with Gasteiger partial charge in [0, 0.05) is 18.7 Å². The van der Waals surface area contributed by atoms with Gasteiger partial charge in [-0.05, 0) is 48.9 Å². The van der Waals surface area contributed by atoms with E-state index in [1.165, 1.54) is 24.3 Å². The number of benzene rings is 2. The first-order valence-corrected chi connectivity index (χ1v) is 9.11. The van der Waals surface area contributed by atoms with Crippen LogP contribution in [-0.4, -0.2) is 20.9 Å². The van der Waals surface area contributed by atoms with E-state index in [1.807, 2.05) is 0 Å². The number of hydrogen-bond acceptors (Lipinski definition) is 3. The van der Waals surface area contributed by atoms with E-state index in [-0.39, 0.29) is 21.5 Å². The fraction of sp³-hybridized carbons (Fsp3) is 0.188. The van der Waals surface area contributed by atoms with Crippen LogP contribution in [0.3, 0.4) is 0 Å². The van der Waals surface area contributed by atoms with Crippen LogP contribution in [0.2, 0.25) is 5.02 Å². The topological polar surface area (TPSA) is 66.5 Å². The molecule has 1 aliphatic heterocycles. The average molecular weight is 369 g/mol. The van der Waals surface area contributed by atoms with Gasteiger partial charge in [0.15, 0.2) is 0 Å². The van der Waals surface area contributed by atoms with Crippen molar-refractivity contribution in [1.29, 1.82) is 0 Å². The fourth-order valence-electron chi connectivity index (χ4n) is 2.50. The lowest BCUT2D eigenvalue weighted by Crippen LogP contribution is -2.23. The van der Waals surface area contributed by atoms with Gasteiger partial charge in [-0.3, -0.25) is 9.52 Å². The number of nitrogens with zero attached hydrogens (tertiary/aromatic N) is 1. The van der Waals surface area contributed by atoms with E-state index in [1.54, 1.807) is 17.0 Å². The Morgan fingerprint density at radius 2 is 1.83 bits per heavy atom.